The van der Waals surface area contributed by atoms with Crippen LogP contribution in [0.2, 0.25) is 5.02 Å². The van der Waals surface area contributed by atoms with Crippen LogP contribution in [0.3, 0.4) is 0 Å². The van der Waals surface area contributed by atoms with Crippen molar-refractivity contribution in [1.82, 2.24) is 5.48 Å². The summed E-state index contributed by atoms with van der Waals surface area (Å²) in [5.41, 5.74) is 2.84. The SMILES string of the molecule is O=C(O)C1C=C(c2cc([N+](=O)[O-])ccc2Cl)NO1. The molecule has 0 bridgehead atoms. The summed E-state index contributed by atoms with van der Waals surface area (Å²) in [7, 11) is 0. The van der Waals surface area contributed by atoms with Crippen molar-refractivity contribution in [1.29, 1.82) is 0 Å². The number of hydroxylamine groups is 1. The van der Waals surface area contributed by atoms with E-state index in [0.717, 1.165) is 0 Å². The minimum atomic E-state index is -1.17. The van der Waals surface area contributed by atoms with E-state index in [1.54, 1.807) is 0 Å². The Labute approximate surface area is 106 Å². The van der Waals surface area contributed by atoms with Crippen molar-refractivity contribution in [3.63, 3.8) is 0 Å². The molecular formula is C10H7ClN2O5. The van der Waals surface area contributed by atoms with Gasteiger partial charge in [-0.25, -0.2) is 4.79 Å². The van der Waals surface area contributed by atoms with Gasteiger partial charge in [0.05, 0.1) is 15.6 Å². The first-order valence-electron chi connectivity index (χ1n) is 4.79. The molecule has 0 saturated carbocycles. The molecular weight excluding hydrogens is 264 g/mol. The average Bonchev–Trinajstić information content (AvgIpc) is 2.78. The summed E-state index contributed by atoms with van der Waals surface area (Å²) in [5, 5.41) is 19.6. The zero-order valence-electron chi connectivity index (χ0n) is 8.79. The van der Waals surface area contributed by atoms with Crippen LogP contribution in [0.5, 0.6) is 0 Å². The van der Waals surface area contributed by atoms with Gasteiger partial charge in [0.1, 0.15) is 0 Å². The quantitative estimate of drug-likeness (QED) is 0.638. The highest BCUT2D eigenvalue weighted by atomic mass is 35.5. The molecule has 2 rings (SSSR count). The summed E-state index contributed by atoms with van der Waals surface area (Å²) in [6, 6.07) is 3.87. The van der Waals surface area contributed by atoms with E-state index in [1.807, 2.05) is 0 Å². The predicted octanol–water partition coefficient (Wildman–Crippen LogP) is 1.58. The largest absolute Gasteiger partial charge is 0.479 e. The number of hydrogen-bond acceptors (Lipinski definition) is 5. The van der Waals surface area contributed by atoms with E-state index in [0.29, 0.717) is 5.56 Å². The number of carboxylic acids is 1. The number of carbonyl (C=O) groups is 1. The van der Waals surface area contributed by atoms with Gasteiger partial charge in [0, 0.05) is 17.7 Å². The molecule has 8 heteroatoms. The van der Waals surface area contributed by atoms with Gasteiger partial charge >= 0.3 is 5.97 Å². The van der Waals surface area contributed by atoms with E-state index < -0.39 is 17.0 Å². The molecule has 0 radical (unpaired) electrons. The second kappa shape index (κ2) is 4.63. The maximum absolute atomic E-state index is 10.7. The number of halogens is 1. The van der Waals surface area contributed by atoms with E-state index in [1.165, 1.54) is 24.3 Å². The lowest BCUT2D eigenvalue weighted by Crippen LogP contribution is -2.20. The van der Waals surface area contributed by atoms with Crippen LogP contribution in [0.1, 0.15) is 5.56 Å². The van der Waals surface area contributed by atoms with Gasteiger partial charge in [0.15, 0.2) is 0 Å². The third-order valence-corrected chi connectivity index (χ3v) is 2.64. The first kappa shape index (κ1) is 12.3. The van der Waals surface area contributed by atoms with Gasteiger partial charge in [-0.3, -0.25) is 20.4 Å². The molecule has 1 aromatic rings. The molecule has 0 aliphatic carbocycles. The van der Waals surface area contributed by atoms with E-state index >= 15 is 0 Å². The summed E-state index contributed by atoms with van der Waals surface area (Å²) in [5.74, 6) is -1.17. The number of aliphatic carboxylic acids is 1. The molecule has 2 N–H and O–H groups in total. The van der Waals surface area contributed by atoms with Crippen LogP contribution < -0.4 is 5.48 Å². The van der Waals surface area contributed by atoms with Crippen molar-refractivity contribution in [2.24, 2.45) is 0 Å². The van der Waals surface area contributed by atoms with Gasteiger partial charge in [0.25, 0.3) is 5.69 Å². The lowest BCUT2D eigenvalue weighted by atomic mass is 10.1. The molecule has 0 aromatic heterocycles. The maximum Gasteiger partial charge on any atom is 0.339 e. The standard InChI is InChI=1S/C10H7ClN2O5/c11-7-2-1-5(13(16)17)3-6(7)8-4-9(10(14)15)18-12-8/h1-4,9,12H,(H,14,15). The summed E-state index contributed by atoms with van der Waals surface area (Å²) < 4.78 is 0. The first-order chi connectivity index (χ1) is 8.49. The number of nitrogens with one attached hydrogen (secondary N) is 1. The molecule has 1 heterocycles. The second-order valence-corrected chi connectivity index (χ2v) is 3.89. The highest BCUT2D eigenvalue weighted by Crippen LogP contribution is 2.29. The van der Waals surface area contributed by atoms with Crippen molar-refractivity contribution in [3.05, 3.63) is 45.0 Å². The van der Waals surface area contributed by atoms with Crippen molar-refractivity contribution < 1.29 is 19.7 Å². The predicted molar refractivity (Wildman–Crippen MR) is 61.7 cm³/mol. The third kappa shape index (κ3) is 2.27. The lowest BCUT2D eigenvalue weighted by Gasteiger charge is -2.05. The van der Waals surface area contributed by atoms with Crippen LogP contribution >= 0.6 is 11.6 Å². The van der Waals surface area contributed by atoms with Crippen LogP contribution in [0, 0.1) is 10.1 Å². The molecule has 0 amide bonds. The molecule has 1 aliphatic heterocycles. The fourth-order valence-electron chi connectivity index (χ4n) is 1.45. The van der Waals surface area contributed by atoms with Crippen LogP contribution in [-0.2, 0) is 9.63 Å². The Hall–Kier alpha value is -2.12. The van der Waals surface area contributed by atoms with Gasteiger partial charge in [-0.15, -0.1) is 0 Å². The number of nitrogens with zero attached hydrogens (tertiary/aromatic N) is 1. The third-order valence-electron chi connectivity index (χ3n) is 2.31. The van der Waals surface area contributed by atoms with Gasteiger partial charge in [0.2, 0.25) is 6.10 Å². The molecule has 0 fully saturated rings. The second-order valence-electron chi connectivity index (χ2n) is 3.48. The Morgan fingerprint density at radius 2 is 2.28 bits per heavy atom. The highest BCUT2D eigenvalue weighted by Gasteiger charge is 2.25. The zero-order valence-corrected chi connectivity index (χ0v) is 9.55. The smallest absolute Gasteiger partial charge is 0.339 e. The average molecular weight is 271 g/mol. The first-order valence-corrected chi connectivity index (χ1v) is 5.17. The molecule has 18 heavy (non-hydrogen) atoms. The zero-order chi connectivity index (χ0) is 13.3. The number of benzene rings is 1. The van der Waals surface area contributed by atoms with Crippen LogP contribution in [0.4, 0.5) is 5.69 Å². The Bertz CT molecular complexity index is 557. The molecule has 0 saturated heterocycles. The Kier molecular flexibility index (Phi) is 3.17. The number of rotatable bonds is 3. The number of non-ortho nitro benzene ring substituents is 1. The summed E-state index contributed by atoms with van der Waals surface area (Å²) in [4.78, 5) is 25.5. The van der Waals surface area contributed by atoms with E-state index in [4.69, 9.17) is 21.5 Å². The number of hydrogen-bond donors (Lipinski definition) is 2. The lowest BCUT2D eigenvalue weighted by molar-refractivity contribution is -0.384. The fourth-order valence-corrected chi connectivity index (χ4v) is 1.67. The normalized spacial score (nSPS) is 18.1. The monoisotopic (exact) mass is 270 g/mol. The minimum Gasteiger partial charge on any atom is -0.479 e. The molecule has 94 valence electrons. The fraction of sp³-hybridized carbons (Fsp3) is 0.100. The van der Waals surface area contributed by atoms with Gasteiger partial charge in [-0.1, -0.05) is 11.6 Å². The van der Waals surface area contributed by atoms with Crippen molar-refractivity contribution in [2.75, 3.05) is 0 Å². The highest BCUT2D eigenvalue weighted by molar-refractivity contribution is 6.32. The van der Waals surface area contributed by atoms with Crippen molar-refractivity contribution >= 4 is 29.0 Å². The Morgan fingerprint density at radius 1 is 1.56 bits per heavy atom. The number of carboxylic acid groups (broad SMARTS) is 1. The maximum atomic E-state index is 10.7. The van der Waals surface area contributed by atoms with Gasteiger partial charge < -0.3 is 5.11 Å². The number of nitro groups is 1. The molecule has 1 atom stereocenters. The molecule has 1 unspecified atom stereocenters. The molecule has 1 aliphatic rings. The van der Waals surface area contributed by atoms with Crippen LogP contribution in [0.25, 0.3) is 5.70 Å². The summed E-state index contributed by atoms with van der Waals surface area (Å²) in [6.07, 6.45) is 0.142. The molecule has 1 aromatic carbocycles. The molecule has 7 nitrogen and oxygen atoms in total. The topological polar surface area (TPSA) is 102 Å². The van der Waals surface area contributed by atoms with Crippen molar-refractivity contribution in [2.45, 2.75) is 6.10 Å². The van der Waals surface area contributed by atoms with E-state index in [2.05, 4.69) is 5.48 Å². The van der Waals surface area contributed by atoms with Gasteiger partial charge in [-0.2, -0.15) is 0 Å². The number of nitro benzene ring substituents is 1. The van der Waals surface area contributed by atoms with E-state index in [9.17, 15) is 14.9 Å². The minimum absolute atomic E-state index is 0.143. The van der Waals surface area contributed by atoms with Crippen LogP contribution in [-0.4, -0.2) is 22.1 Å². The Morgan fingerprint density at radius 3 is 2.83 bits per heavy atom. The summed E-state index contributed by atoms with van der Waals surface area (Å²) in [6.45, 7) is 0. The summed E-state index contributed by atoms with van der Waals surface area (Å²) >= 11 is 5.90. The van der Waals surface area contributed by atoms with E-state index in [-0.39, 0.29) is 16.4 Å². The van der Waals surface area contributed by atoms with Crippen molar-refractivity contribution in [3.8, 4) is 0 Å². The Balaban J connectivity index is 2.39. The molecule has 0 spiro atoms. The van der Waals surface area contributed by atoms with Crippen LogP contribution in [0.15, 0.2) is 24.3 Å². The van der Waals surface area contributed by atoms with Gasteiger partial charge in [-0.05, 0) is 12.1 Å².